The van der Waals surface area contributed by atoms with Crippen LogP contribution in [0.3, 0.4) is 0 Å². The van der Waals surface area contributed by atoms with Crippen molar-refractivity contribution >= 4 is 17.3 Å². The molecule has 1 saturated heterocycles. The van der Waals surface area contributed by atoms with Crippen molar-refractivity contribution in [2.75, 3.05) is 6.61 Å². The van der Waals surface area contributed by atoms with Crippen molar-refractivity contribution < 1.29 is 22.1 Å². The lowest BCUT2D eigenvalue weighted by molar-refractivity contribution is -0.145. The van der Waals surface area contributed by atoms with Gasteiger partial charge in [-0.1, -0.05) is 6.58 Å². The van der Waals surface area contributed by atoms with Gasteiger partial charge >= 0.3 is 17.3 Å². The van der Waals surface area contributed by atoms with E-state index < -0.39 is 23.4 Å². The molecular formula is C5H6O5S. The van der Waals surface area contributed by atoms with Gasteiger partial charge in [-0.25, -0.2) is 4.79 Å². The minimum absolute atomic E-state index is 0.0424. The highest BCUT2D eigenvalue weighted by atomic mass is 32.2. The van der Waals surface area contributed by atoms with Gasteiger partial charge in [-0.05, 0) is 0 Å². The molecule has 1 rings (SSSR count). The van der Waals surface area contributed by atoms with Crippen molar-refractivity contribution in [2.45, 2.75) is 6.10 Å². The quantitative estimate of drug-likeness (QED) is 0.428. The van der Waals surface area contributed by atoms with Gasteiger partial charge in [-0.3, -0.25) is 8.37 Å². The fraction of sp³-hybridized carbons (Fsp3) is 0.400. The Bertz CT molecular complexity index is 201. The molecule has 62 valence electrons. The molecule has 2 atom stereocenters. The lowest BCUT2D eigenvalue weighted by atomic mass is 10.4. The van der Waals surface area contributed by atoms with E-state index in [1.807, 2.05) is 0 Å². The molecule has 0 aromatic rings. The van der Waals surface area contributed by atoms with E-state index >= 15 is 0 Å². The topological polar surface area (TPSA) is 61.8 Å². The van der Waals surface area contributed by atoms with Gasteiger partial charge in [0.1, 0.15) is 6.61 Å². The van der Waals surface area contributed by atoms with E-state index in [9.17, 15) is 9.00 Å². The smallest absolute Gasteiger partial charge is 0.344 e. The van der Waals surface area contributed by atoms with Gasteiger partial charge in [-0.2, -0.15) is 4.21 Å². The maximum absolute atomic E-state index is 10.8. The van der Waals surface area contributed by atoms with Crippen molar-refractivity contribution in [1.82, 2.24) is 0 Å². The van der Waals surface area contributed by atoms with Crippen molar-refractivity contribution in [3.05, 3.63) is 12.8 Å². The molecule has 1 heterocycles. The lowest BCUT2D eigenvalue weighted by Crippen LogP contribution is -2.23. The third kappa shape index (κ3) is 2.11. The first-order chi connectivity index (χ1) is 5.24. The molecule has 0 aromatic heterocycles. The maximum atomic E-state index is 10.8. The van der Waals surface area contributed by atoms with Gasteiger partial charge in [-0.15, -0.1) is 0 Å². The molecule has 1 fully saturated rings. The van der Waals surface area contributed by atoms with E-state index in [2.05, 4.69) is 19.7 Å². The molecule has 1 aliphatic rings. The average molecular weight is 178 g/mol. The summed E-state index contributed by atoms with van der Waals surface area (Å²) in [7, 11) is 0. The molecule has 2 unspecified atom stereocenters. The normalized spacial score (nSPS) is 29.8. The molecular weight excluding hydrogens is 172 g/mol. The first-order valence-corrected chi connectivity index (χ1v) is 3.77. The van der Waals surface area contributed by atoms with Crippen molar-refractivity contribution in [2.24, 2.45) is 0 Å². The molecule has 0 saturated carbocycles. The predicted octanol–water partition coefficient (Wildman–Crippen LogP) is -0.333. The minimum atomic E-state index is -1.81. The van der Waals surface area contributed by atoms with Crippen molar-refractivity contribution in [3.63, 3.8) is 0 Å². The van der Waals surface area contributed by atoms with E-state index in [0.29, 0.717) is 0 Å². The van der Waals surface area contributed by atoms with Crippen LogP contribution in [0.25, 0.3) is 0 Å². The van der Waals surface area contributed by atoms with Gasteiger partial charge in [0.25, 0.3) is 0 Å². The second-order valence-electron chi connectivity index (χ2n) is 1.68. The molecule has 0 radical (unpaired) electrons. The zero-order valence-corrected chi connectivity index (χ0v) is 6.33. The minimum Gasteiger partial charge on any atom is -0.433 e. The van der Waals surface area contributed by atoms with E-state index in [0.717, 1.165) is 6.26 Å². The summed E-state index contributed by atoms with van der Waals surface area (Å²) in [6, 6.07) is 0. The van der Waals surface area contributed by atoms with Crippen LogP contribution in [0, 0.1) is 0 Å². The van der Waals surface area contributed by atoms with Crippen LogP contribution in [-0.2, 0) is 29.3 Å². The first-order valence-electron chi connectivity index (χ1n) is 2.77. The summed E-state index contributed by atoms with van der Waals surface area (Å²) < 4.78 is 23.7. The molecule has 5 nitrogen and oxygen atoms in total. The largest absolute Gasteiger partial charge is 0.433 e. The van der Waals surface area contributed by atoms with E-state index in [-0.39, 0.29) is 6.61 Å². The summed E-state index contributed by atoms with van der Waals surface area (Å²) in [5.41, 5.74) is 0. The zero-order chi connectivity index (χ0) is 8.27. The lowest BCUT2D eigenvalue weighted by Gasteiger charge is -2.00. The van der Waals surface area contributed by atoms with Crippen LogP contribution in [0.15, 0.2) is 12.8 Å². The van der Waals surface area contributed by atoms with Crippen LogP contribution in [0.4, 0.5) is 0 Å². The Balaban J connectivity index is 2.42. The van der Waals surface area contributed by atoms with Crippen LogP contribution in [0.2, 0.25) is 0 Å². The summed E-state index contributed by atoms with van der Waals surface area (Å²) in [6.45, 7) is 3.13. The highest BCUT2D eigenvalue weighted by Crippen LogP contribution is 2.09. The molecule has 0 amide bonds. The van der Waals surface area contributed by atoms with E-state index in [1.54, 1.807) is 0 Å². The van der Waals surface area contributed by atoms with Crippen molar-refractivity contribution in [1.29, 1.82) is 0 Å². The Morgan fingerprint density at radius 3 is 3.00 bits per heavy atom. The van der Waals surface area contributed by atoms with Gasteiger partial charge in [0.15, 0.2) is 6.10 Å². The van der Waals surface area contributed by atoms with E-state index in [4.69, 9.17) is 0 Å². The maximum Gasteiger partial charge on any atom is 0.344 e. The van der Waals surface area contributed by atoms with Gasteiger partial charge in [0.2, 0.25) is 0 Å². The summed E-state index contributed by atoms with van der Waals surface area (Å²) in [5.74, 6) is -0.647. The van der Waals surface area contributed by atoms with Gasteiger partial charge in [0.05, 0.1) is 6.26 Å². The fourth-order valence-electron chi connectivity index (χ4n) is 0.533. The highest BCUT2D eigenvalue weighted by Gasteiger charge is 2.31. The number of ether oxygens (including phenoxy) is 1. The highest BCUT2D eigenvalue weighted by molar-refractivity contribution is 7.75. The Morgan fingerprint density at radius 2 is 2.55 bits per heavy atom. The Morgan fingerprint density at radius 1 is 1.82 bits per heavy atom. The Kier molecular flexibility index (Phi) is 2.75. The zero-order valence-electron chi connectivity index (χ0n) is 5.52. The standard InChI is InChI=1S/C5H6O5S/c1-2-8-5(6)4-3-9-11(7)10-4/h2,4H,1,3H2. The number of hydrogen-bond acceptors (Lipinski definition) is 5. The van der Waals surface area contributed by atoms with Crippen LogP contribution >= 0.6 is 0 Å². The number of rotatable bonds is 2. The van der Waals surface area contributed by atoms with Crippen LogP contribution in [0.5, 0.6) is 0 Å². The summed E-state index contributed by atoms with van der Waals surface area (Å²) in [4.78, 5) is 10.8. The molecule has 11 heavy (non-hydrogen) atoms. The molecule has 0 spiro atoms. The molecule has 6 heteroatoms. The third-order valence-corrected chi connectivity index (χ3v) is 1.69. The monoisotopic (exact) mass is 178 g/mol. The number of carbonyl (C=O) groups excluding carboxylic acids is 1. The average Bonchev–Trinajstić information content (AvgIpc) is 2.36. The Labute approximate surface area is 65.8 Å². The summed E-state index contributed by atoms with van der Waals surface area (Å²) in [5, 5.41) is 0. The van der Waals surface area contributed by atoms with Gasteiger partial charge < -0.3 is 4.74 Å². The molecule has 0 N–H and O–H groups in total. The second kappa shape index (κ2) is 3.61. The SMILES string of the molecule is C=COC(=O)C1COS(=O)O1. The summed E-state index contributed by atoms with van der Waals surface area (Å²) >= 11 is -1.81. The van der Waals surface area contributed by atoms with Gasteiger partial charge in [0, 0.05) is 0 Å². The first kappa shape index (κ1) is 8.38. The van der Waals surface area contributed by atoms with Crippen LogP contribution in [0.1, 0.15) is 0 Å². The molecule has 1 aliphatic heterocycles. The van der Waals surface area contributed by atoms with Crippen molar-refractivity contribution in [3.8, 4) is 0 Å². The molecule has 0 bridgehead atoms. The molecule has 0 aliphatic carbocycles. The number of hydrogen-bond donors (Lipinski definition) is 0. The van der Waals surface area contributed by atoms with Crippen LogP contribution < -0.4 is 0 Å². The second-order valence-corrected chi connectivity index (χ2v) is 2.51. The summed E-state index contributed by atoms with van der Waals surface area (Å²) in [6.07, 6.45) is 0.0845. The number of carbonyl (C=O) groups is 1. The Hall–Kier alpha value is -0.720. The van der Waals surface area contributed by atoms with E-state index in [1.165, 1.54) is 0 Å². The third-order valence-electron chi connectivity index (χ3n) is 0.973. The fourth-order valence-corrected chi connectivity index (χ4v) is 1.15. The predicted molar refractivity (Wildman–Crippen MR) is 35.3 cm³/mol. The van der Waals surface area contributed by atoms with Crippen LogP contribution in [-0.4, -0.2) is 22.9 Å². The number of esters is 1. The molecule has 0 aromatic carbocycles.